The molecule has 0 aliphatic carbocycles. The standard InChI is InChI=1S/C18H27N3O3/c1-18(2,3)24-17(23)21-10-8-20(9-11-21)16(22)12-14-4-6-15(13-19)7-5-14/h4-7H,8-13,19H2,1-3H3. The zero-order chi connectivity index (χ0) is 17.7. The van der Waals surface area contributed by atoms with Gasteiger partial charge >= 0.3 is 6.09 Å². The van der Waals surface area contributed by atoms with E-state index >= 15 is 0 Å². The van der Waals surface area contributed by atoms with Gasteiger partial charge in [-0.1, -0.05) is 24.3 Å². The number of benzene rings is 1. The van der Waals surface area contributed by atoms with Gasteiger partial charge < -0.3 is 20.3 Å². The second-order valence-electron chi connectivity index (χ2n) is 7.05. The minimum Gasteiger partial charge on any atom is -0.444 e. The van der Waals surface area contributed by atoms with Crippen LogP contribution in [0.5, 0.6) is 0 Å². The molecule has 1 heterocycles. The Bertz CT molecular complexity index is 570. The summed E-state index contributed by atoms with van der Waals surface area (Å²) < 4.78 is 5.36. The Balaban J connectivity index is 1.82. The Kier molecular flexibility index (Phi) is 5.83. The number of carbonyl (C=O) groups is 2. The first kappa shape index (κ1) is 18.3. The summed E-state index contributed by atoms with van der Waals surface area (Å²) in [6.07, 6.45) is 0.0593. The Labute approximate surface area is 143 Å². The average molecular weight is 333 g/mol. The van der Waals surface area contributed by atoms with Crippen LogP contribution in [0.3, 0.4) is 0 Å². The van der Waals surface area contributed by atoms with Crippen molar-refractivity contribution in [3.05, 3.63) is 35.4 Å². The van der Waals surface area contributed by atoms with Crippen LogP contribution in [-0.4, -0.2) is 53.6 Å². The topological polar surface area (TPSA) is 75.9 Å². The fourth-order valence-corrected chi connectivity index (χ4v) is 2.54. The lowest BCUT2D eigenvalue weighted by Crippen LogP contribution is -2.51. The molecule has 1 aliphatic heterocycles. The molecular weight excluding hydrogens is 306 g/mol. The van der Waals surface area contributed by atoms with Crippen molar-refractivity contribution < 1.29 is 14.3 Å². The number of nitrogens with zero attached hydrogens (tertiary/aromatic N) is 2. The Morgan fingerprint density at radius 3 is 2.00 bits per heavy atom. The van der Waals surface area contributed by atoms with Gasteiger partial charge in [0.05, 0.1) is 6.42 Å². The lowest BCUT2D eigenvalue weighted by Gasteiger charge is -2.35. The van der Waals surface area contributed by atoms with E-state index in [1.807, 2.05) is 45.0 Å². The number of rotatable bonds is 3. The highest BCUT2D eigenvalue weighted by atomic mass is 16.6. The summed E-state index contributed by atoms with van der Waals surface area (Å²) in [6.45, 7) is 8.14. The first-order valence-corrected chi connectivity index (χ1v) is 8.32. The molecule has 6 heteroatoms. The van der Waals surface area contributed by atoms with Crippen LogP contribution in [-0.2, 0) is 22.5 Å². The summed E-state index contributed by atoms with van der Waals surface area (Å²) in [6, 6.07) is 7.78. The fourth-order valence-electron chi connectivity index (χ4n) is 2.54. The van der Waals surface area contributed by atoms with Crippen LogP contribution in [0, 0.1) is 0 Å². The lowest BCUT2D eigenvalue weighted by molar-refractivity contribution is -0.132. The molecule has 0 atom stereocenters. The maximum absolute atomic E-state index is 12.4. The van der Waals surface area contributed by atoms with Gasteiger partial charge in [0, 0.05) is 32.7 Å². The van der Waals surface area contributed by atoms with E-state index in [4.69, 9.17) is 10.5 Å². The van der Waals surface area contributed by atoms with Gasteiger partial charge in [-0.15, -0.1) is 0 Å². The third-order valence-electron chi connectivity index (χ3n) is 3.90. The predicted molar refractivity (Wildman–Crippen MR) is 92.4 cm³/mol. The second kappa shape index (κ2) is 7.66. The number of piperazine rings is 1. The molecule has 0 saturated carbocycles. The smallest absolute Gasteiger partial charge is 0.410 e. The molecule has 1 aromatic carbocycles. The zero-order valence-corrected chi connectivity index (χ0v) is 14.7. The summed E-state index contributed by atoms with van der Waals surface area (Å²) >= 11 is 0. The highest BCUT2D eigenvalue weighted by molar-refractivity contribution is 5.79. The van der Waals surface area contributed by atoms with Gasteiger partial charge in [0.15, 0.2) is 0 Å². The molecule has 0 radical (unpaired) electrons. The molecule has 2 amide bonds. The quantitative estimate of drug-likeness (QED) is 0.914. The van der Waals surface area contributed by atoms with Crippen LogP contribution in [0.25, 0.3) is 0 Å². The van der Waals surface area contributed by atoms with Crippen molar-refractivity contribution in [2.75, 3.05) is 26.2 Å². The molecule has 2 rings (SSSR count). The maximum atomic E-state index is 12.4. The minimum atomic E-state index is -0.500. The van der Waals surface area contributed by atoms with Crippen molar-refractivity contribution in [1.82, 2.24) is 9.80 Å². The predicted octanol–water partition coefficient (Wildman–Crippen LogP) is 1.77. The normalized spacial score (nSPS) is 15.3. The number of amides is 2. The van der Waals surface area contributed by atoms with E-state index in [1.165, 1.54) is 0 Å². The molecule has 0 spiro atoms. The molecule has 0 bridgehead atoms. The molecule has 2 N–H and O–H groups in total. The Morgan fingerprint density at radius 2 is 1.50 bits per heavy atom. The van der Waals surface area contributed by atoms with E-state index in [2.05, 4.69) is 0 Å². The molecule has 0 unspecified atom stereocenters. The number of hydrogen-bond donors (Lipinski definition) is 1. The molecule has 1 aromatic rings. The third-order valence-corrected chi connectivity index (χ3v) is 3.90. The van der Waals surface area contributed by atoms with E-state index < -0.39 is 5.60 Å². The van der Waals surface area contributed by atoms with E-state index in [0.717, 1.165) is 11.1 Å². The second-order valence-corrected chi connectivity index (χ2v) is 7.05. The first-order chi connectivity index (χ1) is 11.3. The van der Waals surface area contributed by atoms with Crippen LogP contribution in [0.1, 0.15) is 31.9 Å². The summed E-state index contributed by atoms with van der Waals surface area (Å²) in [4.78, 5) is 27.9. The highest BCUT2D eigenvalue weighted by Gasteiger charge is 2.27. The highest BCUT2D eigenvalue weighted by Crippen LogP contribution is 2.13. The van der Waals surface area contributed by atoms with Crippen molar-refractivity contribution in [1.29, 1.82) is 0 Å². The van der Waals surface area contributed by atoms with E-state index in [9.17, 15) is 9.59 Å². The molecule has 1 aliphatic rings. The molecule has 132 valence electrons. The van der Waals surface area contributed by atoms with E-state index in [1.54, 1.807) is 9.80 Å². The Morgan fingerprint density at radius 1 is 1.00 bits per heavy atom. The van der Waals surface area contributed by atoms with Gasteiger partial charge in [-0.05, 0) is 31.9 Å². The van der Waals surface area contributed by atoms with Crippen molar-refractivity contribution >= 4 is 12.0 Å². The molecule has 1 fully saturated rings. The van der Waals surface area contributed by atoms with Gasteiger partial charge in [-0.2, -0.15) is 0 Å². The lowest BCUT2D eigenvalue weighted by atomic mass is 10.1. The van der Waals surface area contributed by atoms with Gasteiger partial charge in [0.25, 0.3) is 0 Å². The van der Waals surface area contributed by atoms with Crippen LogP contribution < -0.4 is 5.73 Å². The van der Waals surface area contributed by atoms with Crippen molar-refractivity contribution in [2.45, 2.75) is 39.3 Å². The third kappa shape index (κ3) is 5.23. The van der Waals surface area contributed by atoms with Crippen molar-refractivity contribution in [3.63, 3.8) is 0 Å². The van der Waals surface area contributed by atoms with Crippen molar-refractivity contribution in [3.8, 4) is 0 Å². The summed E-state index contributed by atoms with van der Waals surface area (Å²) in [5.41, 5.74) is 7.11. The van der Waals surface area contributed by atoms with Crippen LogP contribution >= 0.6 is 0 Å². The fraction of sp³-hybridized carbons (Fsp3) is 0.556. The first-order valence-electron chi connectivity index (χ1n) is 8.32. The van der Waals surface area contributed by atoms with Crippen molar-refractivity contribution in [2.24, 2.45) is 5.73 Å². The summed E-state index contributed by atoms with van der Waals surface area (Å²) in [5, 5.41) is 0. The number of hydrogen-bond acceptors (Lipinski definition) is 4. The monoisotopic (exact) mass is 333 g/mol. The van der Waals surface area contributed by atoms with Crippen LogP contribution in [0.2, 0.25) is 0 Å². The molecule has 1 saturated heterocycles. The summed E-state index contributed by atoms with van der Waals surface area (Å²) in [7, 11) is 0. The minimum absolute atomic E-state index is 0.0827. The van der Waals surface area contributed by atoms with Crippen LogP contribution in [0.15, 0.2) is 24.3 Å². The average Bonchev–Trinajstić information content (AvgIpc) is 2.54. The number of nitrogens with two attached hydrogens (primary N) is 1. The molecular formula is C18H27N3O3. The van der Waals surface area contributed by atoms with Gasteiger partial charge in [0.1, 0.15) is 5.60 Å². The van der Waals surface area contributed by atoms with E-state index in [-0.39, 0.29) is 12.0 Å². The molecule has 6 nitrogen and oxygen atoms in total. The Hall–Kier alpha value is -2.08. The molecule has 0 aromatic heterocycles. The maximum Gasteiger partial charge on any atom is 0.410 e. The van der Waals surface area contributed by atoms with Gasteiger partial charge in [-0.25, -0.2) is 4.79 Å². The molecule has 24 heavy (non-hydrogen) atoms. The van der Waals surface area contributed by atoms with Crippen LogP contribution in [0.4, 0.5) is 4.79 Å². The number of carbonyl (C=O) groups excluding carboxylic acids is 2. The summed E-state index contributed by atoms with van der Waals surface area (Å²) in [5.74, 6) is 0.0827. The van der Waals surface area contributed by atoms with Gasteiger partial charge in [0.2, 0.25) is 5.91 Å². The number of ether oxygens (including phenoxy) is 1. The van der Waals surface area contributed by atoms with Gasteiger partial charge in [-0.3, -0.25) is 4.79 Å². The zero-order valence-electron chi connectivity index (χ0n) is 14.7. The SMILES string of the molecule is CC(C)(C)OC(=O)N1CCN(C(=O)Cc2ccc(CN)cc2)CC1. The van der Waals surface area contributed by atoms with E-state index in [0.29, 0.717) is 39.1 Å². The largest absolute Gasteiger partial charge is 0.444 e.